The zero-order valence-corrected chi connectivity index (χ0v) is 9.59. The van der Waals surface area contributed by atoms with E-state index < -0.39 is 0 Å². The maximum absolute atomic E-state index is 11.1. The molecule has 2 bridgehead atoms. The van der Waals surface area contributed by atoms with Crippen LogP contribution in [0.15, 0.2) is 22.8 Å². The summed E-state index contributed by atoms with van der Waals surface area (Å²) in [6.45, 7) is 2.22. The van der Waals surface area contributed by atoms with Crippen molar-refractivity contribution in [3.63, 3.8) is 0 Å². The molecule has 0 spiro atoms. The lowest BCUT2D eigenvalue weighted by molar-refractivity contribution is -0.137. The Bertz CT molecular complexity index is 331. The van der Waals surface area contributed by atoms with Crippen molar-refractivity contribution < 1.29 is 9.53 Å². The van der Waals surface area contributed by atoms with Gasteiger partial charge in [0, 0.05) is 11.1 Å². The molecular formula is C12H15ClO2. The van der Waals surface area contributed by atoms with Crippen molar-refractivity contribution in [1.82, 2.24) is 0 Å². The van der Waals surface area contributed by atoms with Gasteiger partial charge in [-0.05, 0) is 43.6 Å². The van der Waals surface area contributed by atoms with E-state index in [-0.39, 0.29) is 5.97 Å². The number of halogens is 1. The largest absolute Gasteiger partial charge is 0.463 e. The van der Waals surface area contributed by atoms with Crippen LogP contribution in [0.25, 0.3) is 0 Å². The van der Waals surface area contributed by atoms with E-state index in [0.29, 0.717) is 18.4 Å². The highest BCUT2D eigenvalue weighted by Crippen LogP contribution is 2.50. The van der Waals surface area contributed by atoms with Crippen LogP contribution in [0, 0.1) is 11.8 Å². The molecular weight excluding hydrogens is 212 g/mol. The molecule has 2 aliphatic rings. The fourth-order valence-corrected chi connectivity index (χ4v) is 2.90. The minimum Gasteiger partial charge on any atom is -0.463 e. The molecule has 0 amide bonds. The van der Waals surface area contributed by atoms with Crippen molar-refractivity contribution in [3.05, 3.63) is 22.8 Å². The molecule has 1 saturated carbocycles. The number of hydrogen-bond donors (Lipinski definition) is 0. The molecule has 3 heteroatoms. The third-order valence-corrected chi connectivity index (χ3v) is 3.72. The first-order valence-electron chi connectivity index (χ1n) is 5.46. The second kappa shape index (κ2) is 4.40. The predicted octanol–water partition coefficient (Wildman–Crippen LogP) is 3.03. The van der Waals surface area contributed by atoms with Crippen LogP contribution in [0.1, 0.15) is 26.2 Å². The molecule has 82 valence electrons. The Morgan fingerprint density at radius 1 is 1.53 bits per heavy atom. The lowest BCUT2D eigenvalue weighted by Gasteiger charge is -2.11. The summed E-state index contributed by atoms with van der Waals surface area (Å²) in [5.74, 6) is 0.851. The van der Waals surface area contributed by atoms with Crippen molar-refractivity contribution in [2.45, 2.75) is 26.2 Å². The number of allylic oxidation sites excluding steroid dienone is 3. The van der Waals surface area contributed by atoms with E-state index in [1.807, 2.05) is 6.08 Å². The fraction of sp³-hybridized carbons (Fsp3) is 0.583. The molecule has 0 radical (unpaired) electrons. The molecule has 1 unspecified atom stereocenters. The third-order valence-electron chi connectivity index (χ3n) is 3.19. The van der Waals surface area contributed by atoms with Gasteiger partial charge in [0.2, 0.25) is 0 Å². The van der Waals surface area contributed by atoms with Crippen LogP contribution in [-0.2, 0) is 9.53 Å². The van der Waals surface area contributed by atoms with Crippen LogP contribution in [-0.4, -0.2) is 12.6 Å². The third kappa shape index (κ3) is 2.10. The summed E-state index contributed by atoms with van der Waals surface area (Å²) in [6.07, 6.45) is 6.91. The van der Waals surface area contributed by atoms with E-state index in [1.165, 1.54) is 25.3 Å². The Kier molecular flexibility index (Phi) is 3.15. The minimum absolute atomic E-state index is 0.280. The van der Waals surface area contributed by atoms with Crippen LogP contribution < -0.4 is 0 Å². The normalized spacial score (nSPS) is 29.2. The number of carbonyl (C=O) groups is 1. The SMILES string of the molecule is CCOC(=O)/C=C/C1=C(Cl)[C@H]2CCC1C2. The number of esters is 1. The van der Waals surface area contributed by atoms with Crippen molar-refractivity contribution >= 4 is 17.6 Å². The van der Waals surface area contributed by atoms with Gasteiger partial charge in [0.15, 0.2) is 0 Å². The molecule has 0 aromatic heterocycles. The van der Waals surface area contributed by atoms with E-state index >= 15 is 0 Å². The molecule has 0 N–H and O–H groups in total. The number of ether oxygens (including phenoxy) is 1. The fourth-order valence-electron chi connectivity index (χ4n) is 2.49. The lowest BCUT2D eigenvalue weighted by atomic mass is 9.98. The molecule has 0 aromatic carbocycles. The summed E-state index contributed by atoms with van der Waals surface area (Å²) in [4.78, 5) is 11.1. The van der Waals surface area contributed by atoms with Crippen LogP contribution >= 0.6 is 11.6 Å². The first-order valence-corrected chi connectivity index (χ1v) is 5.84. The number of hydrogen-bond acceptors (Lipinski definition) is 2. The lowest BCUT2D eigenvalue weighted by Crippen LogP contribution is -2.01. The van der Waals surface area contributed by atoms with E-state index in [0.717, 1.165) is 10.6 Å². The standard InChI is InChI=1S/C12H15ClO2/c1-2-15-11(14)6-5-10-8-3-4-9(7-8)12(10)13/h5-6,8-9H,2-4,7H2,1H3/b6-5+/t8?,9-/m0/s1. The summed E-state index contributed by atoms with van der Waals surface area (Å²) in [6, 6.07) is 0. The van der Waals surface area contributed by atoms with Gasteiger partial charge in [-0.2, -0.15) is 0 Å². The highest BCUT2D eigenvalue weighted by atomic mass is 35.5. The van der Waals surface area contributed by atoms with Gasteiger partial charge < -0.3 is 4.74 Å². The maximum Gasteiger partial charge on any atom is 0.330 e. The van der Waals surface area contributed by atoms with Crippen molar-refractivity contribution in [2.24, 2.45) is 11.8 Å². The Hall–Kier alpha value is -0.760. The van der Waals surface area contributed by atoms with Crippen LogP contribution in [0.3, 0.4) is 0 Å². The van der Waals surface area contributed by atoms with E-state index in [1.54, 1.807) is 6.92 Å². The summed E-state index contributed by atoms with van der Waals surface area (Å²) in [5, 5.41) is 0.965. The van der Waals surface area contributed by atoms with E-state index in [2.05, 4.69) is 0 Å². The van der Waals surface area contributed by atoms with Crippen LogP contribution in [0.5, 0.6) is 0 Å². The molecule has 2 aliphatic carbocycles. The summed E-state index contributed by atoms with van der Waals surface area (Å²) >= 11 is 6.21. The van der Waals surface area contributed by atoms with Crippen molar-refractivity contribution in [1.29, 1.82) is 0 Å². The van der Waals surface area contributed by atoms with E-state index in [4.69, 9.17) is 16.3 Å². The molecule has 2 atom stereocenters. The maximum atomic E-state index is 11.1. The molecule has 15 heavy (non-hydrogen) atoms. The average molecular weight is 227 g/mol. The smallest absolute Gasteiger partial charge is 0.330 e. The van der Waals surface area contributed by atoms with Crippen LogP contribution in [0.4, 0.5) is 0 Å². The number of rotatable bonds is 3. The van der Waals surface area contributed by atoms with Gasteiger partial charge in [-0.1, -0.05) is 17.7 Å². The Balaban J connectivity index is 2.03. The van der Waals surface area contributed by atoms with Crippen molar-refractivity contribution in [2.75, 3.05) is 6.61 Å². The topological polar surface area (TPSA) is 26.3 Å². The van der Waals surface area contributed by atoms with Gasteiger partial charge in [-0.15, -0.1) is 0 Å². The predicted molar refractivity (Wildman–Crippen MR) is 59.5 cm³/mol. The highest BCUT2D eigenvalue weighted by molar-refractivity contribution is 6.30. The van der Waals surface area contributed by atoms with Gasteiger partial charge in [-0.3, -0.25) is 0 Å². The number of carbonyl (C=O) groups excluding carboxylic acids is 1. The number of fused-ring (bicyclic) bond motifs is 2. The second-order valence-corrected chi connectivity index (χ2v) is 4.50. The zero-order chi connectivity index (χ0) is 10.8. The van der Waals surface area contributed by atoms with Gasteiger partial charge in [0.1, 0.15) is 0 Å². The quantitative estimate of drug-likeness (QED) is 0.546. The average Bonchev–Trinajstić information content (AvgIpc) is 2.76. The van der Waals surface area contributed by atoms with E-state index in [9.17, 15) is 4.79 Å². The summed E-state index contributed by atoms with van der Waals surface area (Å²) in [5.41, 5.74) is 1.15. The first-order chi connectivity index (χ1) is 7.22. The Labute approximate surface area is 94.9 Å². The van der Waals surface area contributed by atoms with Gasteiger partial charge in [0.05, 0.1) is 6.61 Å². The van der Waals surface area contributed by atoms with Gasteiger partial charge in [0.25, 0.3) is 0 Å². The van der Waals surface area contributed by atoms with Gasteiger partial charge in [-0.25, -0.2) is 4.79 Å². The second-order valence-electron chi connectivity index (χ2n) is 4.10. The highest BCUT2D eigenvalue weighted by Gasteiger charge is 2.37. The monoisotopic (exact) mass is 226 g/mol. The molecule has 0 saturated heterocycles. The van der Waals surface area contributed by atoms with Crippen LogP contribution in [0.2, 0.25) is 0 Å². The zero-order valence-electron chi connectivity index (χ0n) is 8.83. The molecule has 1 fully saturated rings. The Morgan fingerprint density at radius 2 is 2.27 bits per heavy atom. The summed E-state index contributed by atoms with van der Waals surface area (Å²) in [7, 11) is 0. The molecule has 0 aromatic rings. The summed E-state index contributed by atoms with van der Waals surface area (Å²) < 4.78 is 4.83. The molecule has 2 nitrogen and oxygen atoms in total. The minimum atomic E-state index is -0.280. The van der Waals surface area contributed by atoms with Crippen molar-refractivity contribution in [3.8, 4) is 0 Å². The Morgan fingerprint density at radius 3 is 2.87 bits per heavy atom. The molecule has 0 aliphatic heterocycles. The molecule has 0 heterocycles. The van der Waals surface area contributed by atoms with Gasteiger partial charge >= 0.3 is 5.97 Å². The first kappa shape index (κ1) is 10.7. The molecule has 2 rings (SSSR count).